The summed E-state index contributed by atoms with van der Waals surface area (Å²) in [6, 6.07) is 0. The third-order valence-corrected chi connectivity index (χ3v) is 2.78. The van der Waals surface area contributed by atoms with Gasteiger partial charge in [-0.3, -0.25) is 4.79 Å². The summed E-state index contributed by atoms with van der Waals surface area (Å²) in [5.74, 6) is 0.632. The molecule has 1 unspecified atom stereocenters. The maximum atomic E-state index is 11.5. The largest absolute Gasteiger partial charge is 0.378 e. The lowest BCUT2D eigenvalue weighted by atomic mass is 10.0. The number of carbonyl (C=O) groups excluding carboxylic acids is 1. The maximum Gasteiger partial charge on any atom is 0.220 e. The van der Waals surface area contributed by atoms with Gasteiger partial charge in [0.25, 0.3) is 0 Å². The molecule has 0 aromatic rings. The van der Waals surface area contributed by atoms with E-state index in [0.29, 0.717) is 38.6 Å². The van der Waals surface area contributed by atoms with E-state index in [4.69, 9.17) is 10.5 Å². The molecule has 5 nitrogen and oxygen atoms in total. The predicted octanol–water partition coefficient (Wildman–Crippen LogP) is 0.446. The minimum Gasteiger partial charge on any atom is -0.378 e. The predicted molar refractivity (Wildman–Crippen MR) is 74.5 cm³/mol. The van der Waals surface area contributed by atoms with Gasteiger partial charge in [0.2, 0.25) is 5.91 Å². The average Bonchev–Trinajstić information content (AvgIpc) is 2.31. The van der Waals surface area contributed by atoms with E-state index in [1.165, 1.54) is 0 Å². The fourth-order valence-electron chi connectivity index (χ4n) is 1.51. The van der Waals surface area contributed by atoms with E-state index in [1.54, 1.807) is 0 Å². The van der Waals surface area contributed by atoms with Crippen LogP contribution in [0.1, 0.15) is 26.2 Å². The van der Waals surface area contributed by atoms with E-state index in [0.717, 1.165) is 19.4 Å². The van der Waals surface area contributed by atoms with Crippen LogP contribution in [0.25, 0.3) is 0 Å². The van der Waals surface area contributed by atoms with Crippen molar-refractivity contribution in [2.45, 2.75) is 26.2 Å². The Morgan fingerprint density at radius 1 is 1.33 bits per heavy atom. The molecule has 0 saturated heterocycles. The van der Waals surface area contributed by atoms with Gasteiger partial charge in [-0.25, -0.2) is 0 Å². The van der Waals surface area contributed by atoms with E-state index in [2.05, 4.69) is 17.1 Å². The minimum absolute atomic E-state index is 0.107. The van der Waals surface area contributed by atoms with Crippen molar-refractivity contribution < 1.29 is 9.53 Å². The number of rotatable bonds is 11. The molecule has 1 amide bonds. The van der Waals surface area contributed by atoms with Gasteiger partial charge in [-0.05, 0) is 39.4 Å². The number of carbonyl (C=O) groups is 1. The topological polar surface area (TPSA) is 67.6 Å². The zero-order valence-corrected chi connectivity index (χ0v) is 12.1. The van der Waals surface area contributed by atoms with Gasteiger partial charge < -0.3 is 20.7 Å². The summed E-state index contributed by atoms with van der Waals surface area (Å²) in [6.07, 6.45) is 2.48. The van der Waals surface area contributed by atoms with Gasteiger partial charge in [0.05, 0.1) is 13.2 Å². The zero-order chi connectivity index (χ0) is 13.8. The summed E-state index contributed by atoms with van der Waals surface area (Å²) >= 11 is 0. The lowest BCUT2D eigenvalue weighted by Gasteiger charge is -2.11. The molecule has 0 fully saturated rings. The van der Waals surface area contributed by atoms with Gasteiger partial charge in [-0.15, -0.1) is 0 Å². The third-order valence-electron chi connectivity index (χ3n) is 2.78. The molecule has 0 aliphatic heterocycles. The van der Waals surface area contributed by atoms with E-state index in [1.807, 2.05) is 14.1 Å². The molecule has 0 rings (SSSR count). The molecule has 18 heavy (non-hydrogen) atoms. The lowest BCUT2D eigenvalue weighted by Crippen LogP contribution is -2.28. The summed E-state index contributed by atoms with van der Waals surface area (Å²) in [5, 5.41) is 2.86. The fraction of sp³-hybridized carbons (Fsp3) is 0.923. The van der Waals surface area contributed by atoms with Crippen LogP contribution in [0.4, 0.5) is 0 Å². The van der Waals surface area contributed by atoms with E-state index in [9.17, 15) is 4.79 Å². The van der Waals surface area contributed by atoms with Crippen molar-refractivity contribution in [2.24, 2.45) is 11.7 Å². The number of amides is 1. The molecule has 3 N–H and O–H groups in total. The highest BCUT2D eigenvalue weighted by Gasteiger charge is 2.05. The molecule has 5 heteroatoms. The zero-order valence-electron chi connectivity index (χ0n) is 12.1. The summed E-state index contributed by atoms with van der Waals surface area (Å²) < 4.78 is 5.39. The van der Waals surface area contributed by atoms with Crippen LogP contribution in [0.3, 0.4) is 0 Å². The van der Waals surface area contributed by atoms with Crippen LogP contribution in [0, 0.1) is 5.92 Å². The van der Waals surface area contributed by atoms with Crippen molar-refractivity contribution in [1.82, 2.24) is 10.2 Å². The number of likely N-dealkylation sites (N-methyl/N-ethyl adjacent to an activating group) is 1. The molecule has 1 atom stereocenters. The Kier molecular flexibility index (Phi) is 11.0. The number of hydrogen-bond acceptors (Lipinski definition) is 4. The molecule has 108 valence electrons. The number of nitrogens with two attached hydrogens (primary N) is 1. The van der Waals surface area contributed by atoms with E-state index >= 15 is 0 Å². The quantitative estimate of drug-likeness (QED) is 0.529. The molecule has 0 radical (unpaired) electrons. The highest BCUT2D eigenvalue weighted by molar-refractivity contribution is 5.75. The van der Waals surface area contributed by atoms with Crippen LogP contribution in [0.2, 0.25) is 0 Å². The first kappa shape index (κ1) is 17.4. The molecule has 0 aromatic carbocycles. The lowest BCUT2D eigenvalue weighted by molar-refractivity contribution is -0.121. The van der Waals surface area contributed by atoms with Gasteiger partial charge in [-0.1, -0.05) is 6.92 Å². The van der Waals surface area contributed by atoms with E-state index in [-0.39, 0.29) is 5.91 Å². The second-order valence-corrected chi connectivity index (χ2v) is 4.99. The SMILES string of the molecule is CC(CCN)CCC(=O)NCCOCCN(C)C. The molecule has 0 aromatic heterocycles. The van der Waals surface area contributed by atoms with Gasteiger partial charge in [0.15, 0.2) is 0 Å². The normalized spacial score (nSPS) is 12.7. The molecule has 0 heterocycles. The van der Waals surface area contributed by atoms with Crippen LogP contribution in [0.15, 0.2) is 0 Å². The van der Waals surface area contributed by atoms with Crippen molar-refractivity contribution in [1.29, 1.82) is 0 Å². The number of nitrogens with zero attached hydrogens (tertiary/aromatic N) is 1. The highest BCUT2D eigenvalue weighted by atomic mass is 16.5. The van der Waals surface area contributed by atoms with Crippen molar-refractivity contribution in [3.05, 3.63) is 0 Å². The van der Waals surface area contributed by atoms with Gasteiger partial charge in [0.1, 0.15) is 0 Å². The Bertz CT molecular complexity index is 210. The number of nitrogens with one attached hydrogen (secondary N) is 1. The Balaban J connectivity index is 3.32. The maximum absolute atomic E-state index is 11.5. The van der Waals surface area contributed by atoms with E-state index < -0.39 is 0 Å². The number of ether oxygens (including phenoxy) is 1. The molecular formula is C13H29N3O2. The van der Waals surface area contributed by atoms with Crippen LogP contribution in [0.5, 0.6) is 0 Å². The van der Waals surface area contributed by atoms with Crippen molar-refractivity contribution in [2.75, 3.05) is 46.9 Å². The Morgan fingerprint density at radius 3 is 2.67 bits per heavy atom. The molecule has 0 spiro atoms. The van der Waals surface area contributed by atoms with Crippen LogP contribution in [-0.2, 0) is 9.53 Å². The molecule has 0 bridgehead atoms. The monoisotopic (exact) mass is 259 g/mol. The van der Waals surface area contributed by atoms with Gasteiger partial charge in [-0.2, -0.15) is 0 Å². The average molecular weight is 259 g/mol. The first-order valence-electron chi connectivity index (χ1n) is 6.75. The highest BCUT2D eigenvalue weighted by Crippen LogP contribution is 2.08. The summed E-state index contributed by atoms with van der Waals surface area (Å²) in [6.45, 7) is 5.61. The summed E-state index contributed by atoms with van der Waals surface area (Å²) in [5.41, 5.74) is 5.46. The Hall–Kier alpha value is -0.650. The first-order chi connectivity index (χ1) is 8.56. The molecule has 0 aliphatic carbocycles. The van der Waals surface area contributed by atoms with Crippen LogP contribution < -0.4 is 11.1 Å². The van der Waals surface area contributed by atoms with Crippen LogP contribution >= 0.6 is 0 Å². The van der Waals surface area contributed by atoms with Crippen molar-refractivity contribution in [3.8, 4) is 0 Å². The number of hydrogen-bond donors (Lipinski definition) is 2. The minimum atomic E-state index is 0.107. The molecule has 0 saturated carbocycles. The standard InChI is InChI=1S/C13H29N3O2/c1-12(6-7-14)4-5-13(17)15-8-10-18-11-9-16(2)3/h12H,4-11,14H2,1-3H3,(H,15,17). The smallest absolute Gasteiger partial charge is 0.220 e. The van der Waals surface area contributed by atoms with Crippen molar-refractivity contribution in [3.63, 3.8) is 0 Å². The fourth-order valence-corrected chi connectivity index (χ4v) is 1.51. The van der Waals surface area contributed by atoms with Crippen molar-refractivity contribution >= 4 is 5.91 Å². The second kappa shape index (κ2) is 11.4. The second-order valence-electron chi connectivity index (χ2n) is 4.99. The molecular weight excluding hydrogens is 230 g/mol. The van der Waals surface area contributed by atoms with Gasteiger partial charge in [0, 0.05) is 19.5 Å². The van der Waals surface area contributed by atoms with Crippen LogP contribution in [-0.4, -0.2) is 57.8 Å². The molecule has 0 aliphatic rings. The summed E-state index contributed by atoms with van der Waals surface area (Å²) in [4.78, 5) is 13.6. The Labute approximate surface area is 111 Å². The third kappa shape index (κ3) is 11.8. The first-order valence-corrected chi connectivity index (χ1v) is 6.75. The van der Waals surface area contributed by atoms with Gasteiger partial charge >= 0.3 is 0 Å². The summed E-state index contributed by atoms with van der Waals surface area (Å²) in [7, 11) is 4.02. The Morgan fingerprint density at radius 2 is 2.06 bits per heavy atom.